The Balaban J connectivity index is 1.31. The smallest absolute Gasteiger partial charge is 0.338 e. The van der Waals surface area contributed by atoms with Gasteiger partial charge in [0.2, 0.25) is 0 Å². The SMILES string of the molecule is C=C1C(=C)[C@]23CC[C@H]1CC2[C@]1(COC(=O)c2ccc([N+](=O)[O-])cc2)CCC[C@@](C)(COC(=O)c2ccc([N+](=O)[O-])cc2)C1CC3=O. The molecule has 2 bridgehead atoms. The summed E-state index contributed by atoms with van der Waals surface area (Å²) in [6.45, 7) is 10.8. The highest BCUT2D eigenvalue weighted by molar-refractivity contribution is 5.92. The van der Waals surface area contributed by atoms with Crippen LogP contribution in [0.5, 0.6) is 0 Å². The maximum atomic E-state index is 14.3. The summed E-state index contributed by atoms with van der Waals surface area (Å²) in [7, 11) is 0. The van der Waals surface area contributed by atoms with Gasteiger partial charge in [-0.2, -0.15) is 0 Å². The van der Waals surface area contributed by atoms with Crippen LogP contribution in [0.25, 0.3) is 0 Å². The van der Waals surface area contributed by atoms with Crippen molar-refractivity contribution in [3.05, 3.63) is 104 Å². The largest absolute Gasteiger partial charge is 0.462 e. The second kappa shape index (κ2) is 11.3. The summed E-state index contributed by atoms with van der Waals surface area (Å²) in [6.07, 6.45) is 4.64. The highest BCUT2D eigenvalue weighted by Crippen LogP contribution is 2.72. The van der Waals surface area contributed by atoms with Gasteiger partial charge in [0.05, 0.1) is 39.6 Å². The third-order valence-corrected chi connectivity index (χ3v) is 11.6. The molecule has 7 rings (SSSR count). The molecule has 0 N–H and O–H groups in total. The van der Waals surface area contributed by atoms with Crippen LogP contribution >= 0.6 is 0 Å². The van der Waals surface area contributed by atoms with Crippen molar-refractivity contribution < 1.29 is 33.7 Å². The molecule has 0 aliphatic heterocycles. The van der Waals surface area contributed by atoms with Gasteiger partial charge < -0.3 is 9.47 Å². The number of carbonyl (C=O) groups excluding carboxylic acids is 3. The van der Waals surface area contributed by atoms with Gasteiger partial charge >= 0.3 is 11.9 Å². The molecule has 5 saturated carbocycles. The molecule has 11 nitrogen and oxygen atoms in total. The Kier molecular flexibility index (Phi) is 7.69. The average molecular weight is 629 g/mol. The lowest BCUT2D eigenvalue weighted by Crippen LogP contribution is -2.66. The molecule has 5 aliphatic rings. The van der Waals surface area contributed by atoms with Crippen LogP contribution < -0.4 is 0 Å². The Morgan fingerprint density at radius 2 is 1.39 bits per heavy atom. The fraction of sp³-hybridized carbons (Fsp3) is 0.457. The van der Waals surface area contributed by atoms with E-state index in [1.54, 1.807) is 0 Å². The zero-order valence-corrected chi connectivity index (χ0v) is 25.7. The summed E-state index contributed by atoms with van der Waals surface area (Å²) >= 11 is 0. The highest BCUT2D eigenvalue weighted by atomic mass is 16.6. The summed E-state index contributed by atoms with van der Waals surface area (Å²) in [6, 6.07) is 10.5. The van der Waals surface area contributed by atoms with E-state index in [2.05, 4.69) is 13.2 Å². The van der Waals surface area contributed by atoms with Crippen molar-refractivity contribution in [1.29, 1.82) is 0 Å². The number of ketones is 1. The lowest BCUT2D eigenvalue weighted by Gasteiger charge is -2.68. The molecule has 2 aromatic rings. The molecule has 46 heavy (non-hydrogen) atoms. The van der Waals surface area contributed by atoms with Gasteiger partial charge in [0, 0.05) is 41.5 Å². The van der Waals surface area contributed by atoms with E-state index in [9.17, 15) is 34.6 Å². The van der Waals surface area contributed by atoms with Crippen molar-refractivity contribution in [3.63, 3.8) is 0 Å². The molecule has 2 unspecified atom stereocenters. The number of allylic oxidation sites excluding steroid dienone is 2. The number of carbonyl (C=O) groups is 3. The highest BCUT2D eigenvalue weighted by Gasteiger charge is 2.70. The predicted molar refractivity (Wildman–Crippen MR) is 166 cm³/mol. The number of esters is 2. The molecule has 0 aromatic heterocycles. The number of nitrogens with zero attached hydrogens (tertiary/aromatic N) is 2. The van der Waals surface area contributed by atoms with Crippen molar-refractivity contribution in [2.24, 2.45) is 34.0 Å². The first-order valence-electron chi connectivity index (χ1n) is 15.6. The predicted octanol–water partition coefficient (Wildman–Crippen LogP) is 6.81. The molecule has 0 heterocycles. The van der Waals surface area contributed by atoms with E-state index < -0.39 is 38.0 Å². The van der Waals surface area contributed by atoms with Crippen LogP contribution in [0.3, 0.4) is 0 Å². The maximum Gasteiger partial charge on any atom is 0.338 e. The van der Waals surface area contributed by atoms with E-state index in [1.165, 1.54) is 48.5 Å². The maximum absolute atomic E-state index is 14.3. The number of benzene rings is 2. The quantitative estimate of drug-likeness (QED) is 0.174. The molecule has 0 amide bonds. The molecule has 240 valence electrons. The standard InChI is InChI=1S/C35H36N2O9/c1-21-22(2)35-16-13-25(21)17-29(35)34(20-46-32(40)24-7-11-27(12-8-24)37(43)44)15-4-14-33(3,28(34)18-30(35)38)19-45-31(39)23-5-9-26(10-6-23)36(41)42/h5-12,25,28-29H,1-2,4,13-20H2,3H3/t25-,28?,29?,33-,34-,35+/m0/s1. The second-order valence-corrected chi connectivity index (χ2v) is 13.7. The summed E-state index contributed by atoms with van der Waals surface area (Å²) < 4.78 is 11.9. The van der Waals surface area contributed by atoms with E-state index in [4.69, 9.17) is 9.47 Å². The van der Waals surface area contributed by atoms with Gasteiger partial charge in [-0.3, -0.25) is 25.0 Å². The fourth-order valence-electron chi connectivity index (χ4n) is 9.20. The Labute approximate surface area is 265 Å². The third-order valence-electron chi connectivity index (χ3n) is 11.6. The van der Waals surface area contributed by atoms with E-state index in [1.807, 2.05) is 6.92 Å². The van der Waals surface area contributed by atoms with E-state index >= 15 is 0 Å². The van der Waals surface area contributed by atoms with Gasteiger partial charge in [-0.15, -0.1) is 0 Å². The number of hydrogen-bond donors (Lipinski definition) is 0. The Hall–Kier alpha value is -4.67. The number of rotatable bonds is 8. The Bertz CT molecular complexity index is 1670. The zero-order valence-electron chi connectivity index (χ0n) is 25.7. The van der Waals surface area contributed by atoms with E-state index in [0.29, 0.717) is 19.3 Å². The number of ether oxygens (including phenoxy) is 2. The first-order valence-corrected chi connectivity index (χ1v) is 15.6. The number of fused-ring (bicyclic) bond motifs is 3. The van der Waals surface area contributed by atoms with Crippen LogP contribution in [-0.4, -0.2) is 40.8 Å². The minimum Gasteiger partial charge on any atom is -0.462 e. The number of nitro benzene ring substituents is 2. The molecule has 6 atom stereocenters. The van der Waals surface area contributed by atoms with Crippen molar-refractivity contribution in [2.75, 3.05) is 13.2 Å². The molecule has 5 fully saturated rings. The van der Waals surface area contributed by atoms with Crippen LogP contribution in [0.15, 0.2) is 72.8 Å². The fourth-order valence-corrected chi connectivity index (χ4v) is 9.20. The molecule has 1 spiro atoms. The van der Waals surface area contributed by atoms with Crippen molar-refractivity contribution in [2.45, 2.75) is 51.9 Å². The third kappa shape index (κ3) is 4.83. The minimum absolute atomic E-state index is 0.0234. The van der Waals surface area contributed by atoms with Crippen molar-refractivity contribution >= 4 is 29.1 Å². The van der Waals surface area contributed by atoms with Gasteiger partial charge in [0.1, 0.15) is 5.78 Å². The van der Waals surface area contributed by atoms with Crippen molar-refractivity contribution in [1.82, 2.24) is 0 Å². The number of Topliss-reactive ketones (excluding diaryl/α,β-unsaturated/α-hetero) is 1. The molecule has 0 radical (unpaired) electrons. The lowest BCUT2D eigenvalue weighted by molar-refractivity contribution is -0.385. The zero-order chi connectivity index (χ0) is 33.0. The first kappa shape index (κ1) is 31.3. The van der Waals surface area contributed by atoms with Crippen LogP contribution in [-0.2, 0) is 14.3 Å². The van der Waals surface area contributed by atoms with Gasteiger partial charge in [0.25, 0.3) is 11.4 Å². The Morgan fingerprint density at radius 3 is 1.93 bits per heavy atom. The first-order chi connectivity index (χ1) is 21.8. The van der Waals surface area contributed by atoms with Gasteiger partial charge in [0.15, 0.2) is 0 Å². The van der Waals surface area contributed by atoms with Crippen LogP contribution in [0.4, 0.5) is 11.4 Å². The number of non-ortho nitro benzene ring substituents is 2. The average Bonchev–Trinajstić information content (AvgIpc) is 3.05. The molecular weight excluding hydrogens is 592 g/mol. The van der Waals surface area contributed by atoms with E-state index in [0.717, 1.165) is 30.4 Å². The summed E-state index contributed by atoms with van der Waals surface area (Å²) in [5.74, 6) is -1.34. The topological polar surface area (TPSA) is 156 Å². The van der Waals surface area contributed by atoms with Crippen LogP contribution in [0, 0.1) is 54.2 Å². The van der Waals surface area contributed by atoms with Crippen LogP contribution in [0.2, 0.25) is 0 Å². The lowest BCUT2D eigenvalue weighted by atomic mass is 9.35. The van der Waals surface area contributed by atoms with Crippen molar-refractivity contribution in [3.8, 4) is 0 Å². The normalized spacial score (nSPS) is 31.4. The molecule has 0 saturated heterocycles. The second-order valence-electron chi connectivity index (χ2n) is 13.7. The Morgan fingerprint density at radius 1 is 0.848 bits per heavy atom. The summed E-state index contributed by atoms with van der Waals surface area (Å²) in [4.78, 5) is 61.8. The summed E-state index contributed by atoms with van der Waals surface area (Å²) in [5.41, 5.74) is -0.180. The van der Waals surface area contributed by atoms with Gasteiger partial charge in [-0.1, -0.05) is 26.5 Å². The van der Waals surface area contributed by atoms with Gasteiger partial charge in [-0.25, -0.2) is 9.59 Å². The monoisotopic (exact) mass is 628 g/mol. The summed E-state index contributed by atoms with van der Waals surface area (Å²) in [5, 5.41) is 22.2. The van der Waals surface area contributed by atoms with Crippen LogP contribution in [0.1, 0.15) is 72.6 Å². The number of nitro groups is 2. The van der Waals surface area contributed by atoms with Gasteiger partial charge in [-0.05, 0) is 85.3 Å². The molecular formula is C35H36N2O9. The van der Waals surface area contributed by atoms with E-state index in [-0.39, 0.29) is 65.7 Å². The molecule has 11 heteroatoms. The molecule has 5 aliphatic carbocycles. The molecule has 2 aromatic carbocycles. The number of hydrogen-bond acceptors (Lipinski definition) is 9. The minimum atomic E-state index is -0.782.